The molecule has 0 fully saturated rings. The van der Waals surface area contributed by atoms with Gasteiger partial charge in [0.15, 0.2) is 0 Å². The zero-order chi connectivity index (χ0) is 21.1. The third-order valence-electron chi connectivity index (χ3n) is 3.84. The lowest BCUT2D eigenvalue weighted by molar-refractivity contribution is -0.385. The van der Waals surface area contributed by atoms with Gasteiger partial charge in [0.1, 0.15) is 17.7 Å². The van der Waals surface area contributed by atoms with Crippen molar-refractivity contribution in [2.45, 2.75) is 6.92 Å². The first-order valence-corrected chi connectivity index (χ1v) is 8.26. The number of hydrogen-bond donors (Lipinski definition) is 1. The van der Waals surface area contributed by atoms with Gasteiger partial charge >= 0.3 is 5.69 Å². The molecule has 3 aromatic rings. The molecule has 1 amide bonds. The molecule has 2 aromatic carbocycles. The van der Waals surface area contributed by atoms with Crippen LogP contribution in [0.15, 0.2) is 48.7 Å². The van der Waals surface area contributed by atoms with Crippen LogP contribution in [0.5, 0.6) is 11.5 Å². The zero-order valence-corrected chi connectivity index (χ0v) is 15.4. The van der Waals surface area contributed by atoms with E-state index in [0.29, 0.717) is 5.75 Å². The van der Waals surface area contributed by atoms with Crippen molar-refractivity contribution < 1.29 is 19.4 Å². The van der Waals surface area contributed by atoms with E-state index in [2.05, 4.69) is 10.4 Å². The molecule has 0 aliphatic rings. The Morgan fingerprint density at radius 1 is 1.07 bits per heavy atom. The molecular formula is C18H15N5O6. The molecular weight excluding hydrogens is 382 g/mol. The number of amides is 1. The van der Waals surface area contributed by atoms with Crippen molar-refractivity contribution in [3.05, 3.63) is 80.1 Å². The van der Waals surface area contributed by atoms with Crippen LogP contribution in [0.1, 0.15) is 16.1 Å². The highest BCUT2D eigenvalue weighted by atomic mass is 16.6. The lowest BCUT2D eigenvalue weighted by Gasteiger charge is -2.09. The van der Waals surface area contributed by atoms with Gasteiger partial charge in [0.05, 0.1) is 21.6 Å². The summed E-state index contributed by atoms with van der Waals surface area (Å²) in [6.45, 7) is 1.90. The summed E-state index contributed by atoms with van der Waals surface area (Å²) in [5.41, 5.74) is -0.162. The van der Waals surface area contributed by atoms with Gasteiger partial charge in [-0.1, -0.05) is 17.7 Å². The number of nitrogens with one attached hydrogen (secondary N) is 1. The van der Waals surface area contributed by atoms with E-state index in [1.807, 2.05) is 19.1 Å². The standard InChI is InChI=1S/C18H15N5O6/c1-11-3-5-14(6-4-11)29-15-8-12(7-13(9-15)22(25)26)19-18(24)17-16(23(27)28)10-21(2)20-17/h3-10H,1-2H3,(H,19,24). The van der Waals surface area contributed by atoms with Gasteiger partial charge in [-0.05, 0) is 19.1 Å². The first kappa shape index (κ1) is 19.5. The summed E-state index contributed by atoms with van der Waals surface area (Å²) in [4.78, 5) is 33.4. The Hall–Kier alpha value is -4.28. The summed E-state index contributed by atoms with van der Waals surface area (Å²) in [5.74, 6) is -0.304. The maximum atomic E-state index is 12.4. The fourth-order valence-electron chi connectivity index (χ4n) is 2.52. The molecule has 3 rings (SSSR count). The number of nitro groups is 2. The number of rotatable bonds is 6. The van der Waals surface area contributed by atoms with E-state index in [4.69, 9.17) is 4.74 Å². The molecule has 0 radical (unpaired) electrons. The van der Waals surface area contributed by atoms with Crippen molar-refractivity contribution in [1.82, 2.24) is 9.78 Å². The predicted octanol–water partition coefficient (Wildman–Crippen LogP) is 3.59. The number of carbonyl (C=O) groups excluding carboxylic acids is 1. The fourth-order valence-corrected chi connectivity index (χ4v) is 2.52. The highest BCUT2D eigenvalue weighted by molar-refractivity contribution is 6.05. The average molecular weight is 397 g/mol. The van der Waals surface area contributed by atoms with Crippen molar-refractivity contribution in [1.29, 1.82) is 0 Å². The van der Waals surface area contributed by atoms with E-state index in [1.165, 1.54) is 19.2 Å². The van der Waals surface area contributed by atoms with Gasteiger partial charge < -0.3 is 10.1 Å². The van der Waals surface area contributed by atoms with E-state index in [-0.39, 0.29) is 17.1 Å². The monoisotopic (exact) mass is 397 g/mol. The van der Waals surface area contributed by atoms with Crippen molar-refractivity contribution in [3.63, 3.8) is 0 Å². The molecule has 1 heterocycles. The van der Waals surface area contributed by atoms with Crippen LogP contribution in [0.25, 0.3) is 0 Å². The summed E-state index contributed by atoms with van der Waals surface area (Å²) < 4.78 is 6.77. The molecule has 1 N–H and O–H groups in total. The third-order valence-corrected chi connectivity index (χ3v) is 3.84. The average Bonchev–Trinajstić information content (AvgIpc) is 3.06. The van der Waals surface area contributed by atoms with Gasteiger partial charge in [-0.3, -0.25) is 29.7 Å². The van der Waals surface area contributed by atoms with Crippen LogP contribution in [0.3, 0.4) is 0 Å². The Bertz CT molecular complexity index is 1110. The molecule has 11 heteroatoms. The van der Waals surface area contributed by atoms with E-state index >= 15 is 0 Å². The quantitative estimate of drug-likeness (QED) is 0.494. The smallest absolute Gasteiger partial charge is 0.320 e. The first-order chi connectivity index (χ1) is 13.7. The topological polar surface area (TPSA) is 142 Å². The Labute approximate surface area is 163 Å². The highest BCUT2D eigenvalue weighted by Crippen LogP contribution is 2.30. The lowest BCUT2D eigenvalue weighted by Crippen LogP contribution is -2.14. The Morgan fingerprint density at radius 3 is 2.38 bits per heavy atom. The molecule has 148 valence electrons. The Morgan fingerprint density at radius 2 is 1.76 bits per heavy atom. The van der Waals surface area contributed by atoms with E-state index < -0.39 is 27.1 Å². The summed E-state index contributed by atoms with van der Waals surface area (Å²) in [6.07, 6.45) is 1.09. The van der Waals surface area contributed by atoms with Gasteiger partial charge in [0.2, 0.25) is 5.69 Å². The number of benzene rings is 2. The van der Waals surface area contributed by atoms with E-state index in [0.717, 1.165) is 22.5 Å². The third kappa shape index (κ3) is 4.53. The van der Waals surface area contributed by atoms with E-state index in [9.17, 15) is 25.0 Å². The van der Waals surface area contributed by atoms with Crippen molar-refractivity contribution >= 4 is 23.0 Å². The minimum absolute atomic E-state index is 0.0336. The van der Waals surface area contributed by atoms with Gasteiger partial charge in [-0.15, -0.1) is 0 Å². The number of nitro benzene ring substituents is 1. The number of carbonyl (C=O) groups is 1. The number of nitrogens with zero attached hydrogens (tertiary/aromatic N) is 4. The van der Waals surface area contributed by atoms with Gasteiger partial charge in [-0.25, -0.2) is 0 Å². The number of non-ortho nitro benzene ring substituents is 1. The molecule has 0 spiro atoms. The Balaban J connectivity index is 1.91. The molecule has 0 atom stereocenters. The van der Waals surface area contributed by atoms with Gasteiger partial charge in [-0.2, -0.15) is 5.10 Å². The van der Waals surface area contributed by atoms with Crippen molar-refractivity contribution in [3.8, 4) is 11.5 Å². The van der Waals surface area contributed by atoms with Gasteiger partial charge in [0.25, 0.3) is 11.6 Å². The van der Waals surface area contributed by atoms with Crippen LogP contribution in [-0.2, 0) is 7.05 Å². The van der Waals surface area contributed by atoms with Crippen LogP contribution >= 0.6 is 0 Å². The minimum atomic E-state index is -0.876. The molecule has 0 aliphatic heterocycles. The van der Waals surface area contributed by atoms with Crippen LogP contribution in [0.4, 0.5) is 17.1 Å². The molecule has 0 unspecified atom stereocenters. The normalized spacial score (nSPS) is 10.4. The highest BCUT2D eigenvalue weighted by Gasteiger charge is 2.25. The second-order valence-corrected chi connectivity index (χ2v) is 6.14. The minimum Gasteiger partial charge on any atom is -0.457 e. The van der Waals surface area contributed by atoms with Crippen LogP contribution in [0, 0.1) is 27.2 Å². The fraction of sp³-hybridized carbons (Fsp3) is 0.111. The van der Waals surface area contributed by atoms with Crippen LogP contribution in [0.2, 0.25) is 0 Å². The number of aromatic nitrogens is 2. The summed E-state index contributed by atoms with van der Waals surface area (Å²) in [7, 11) is 1.44. The molecule has 29 heavy (non-hydrogen) atoms. The molecule has 11 nitrogen and oxygen atoms in total. The second kappa shape index (κ2) is 7.76. The largest absolute Gasteiger partial charge is 0.457 e. The Kier molecular flexibility index (Phi) is 5.21. The first-order valence-electron chi connectivity index (χ1n) is 8.26. The molecule has 0 saturated heterocycles. The summed E-state index contributed by atoms with van der Waals surface area (Å²) in [6, 6.07) is 10.7. The lowest BCUT2D eigenvalue weighted by atomic mass is 10.2. The molecule has 0 bridgehead atoms. The van der Waals surface area contributed by atoms with E-state index in [1.54, 1.807) is 12.1 Å². The SMILES string of the molecule is Cc1ccc(Oc2cc(NC(=O)c3nn(C)cc3[N+](=O)[O-])cc([N+](=O)[O-])c2)cc1. The van der Waals surface area contributed by atoms with Crippen LogP contribution < -0.4 is 10.1 Å². The maximum absolute atomic E-state index is 12.4. The van der Waals surface area contributed by atoms with Crippen molar-refractivity contribution in [2.75, 3.05) is 5.32 Å². The summed E-state index contributed by atoms with van der Waals surface area (Å²) in [5, 5.41) is 28.5. The predicted molar refractivity (Wildman–Crippen MR) is 102 cm³/mol. The molecule has 0 aliphatic carbocycles. The number of aryl methyl sites for hydroxylation is 2. The molecule has 1 aromatic heterocycles. The second-order valence-electron chi connectivity index (χ2n) is 6.14. The maximum Gasteiger partial charge on any atom is 0.320 e. The molecule has 0 saturated carbocycles. The number of ether oxygens (including phenoxy) is 1. The summed E-state index contributed by atoms with van der Waals surface area (Å²) >= 11 is 0. The number of anilines is 1. The van der Waals surface area contributed by atoms with Crippen molar-refractivity contribution in [2.24, 2.45) is 7.05 Å². The van der Waals surface area contributed by atoms with Gasteiger partial charge in [0, 0.05) is 19.2 Å². The number of hydrogen-bond acceptors (Lipinski definition) is 7. The zero-order valence-electron chi connectivity index (χ0n) is 15.4. The van der Waals surface area contributed by atoms with Crippen LogP contribution in [-0.4, -0.2) is 25.5 Å².